The van der Waals surface area contributed by atoms with Gasteiger partial charge in [-0.2, -0.15) is 0 Å². The average Bonchev–Trinajstić information content (AvgIpc) is 2.62. The van der Waals surface area contributed by atoms with Crippen LogP contribution < -0.4 is 4.74 Å². The third kappa shape index (κ3) is 4.11. The lowest BCUT2D eigenvalue weighted by Gasteiger charge is -2.35. The van der Waals surface area contributed by atoms with E-state index in [0.29, 0.717) is 23.7 Å². The van der Waals surface area contributed by atoms with Gasteiger partial charge < -0.3 is 14.7 Å². The largest absolute Gasteiger partial charge is 0.507 e. The molecule has 0 bridgehead atoms. The molecular weight excluding hydrogens is 352 g/mol. The highest BCUT2D eigenvalue weighted by atomic mass is 35.5. The van der Waals surface area contributed by atoms with E-state index >= 15 is 0 Å². The number of rotatable bonds is 4. The summed E-state index contributed by atoms with van der Waals surface area (Å²) in [6.07, 6.45) is 0. The lowest BCUT2D eigenvalue weighted by molar-refractivity contribution is 0.0624. The van der Waals surface area contributed by atoms with Crippen molar-refractivity contribution in [2.75, 3.05) is 33.3 Å². The molecule has 0 aliphatic carbocycles. The second-order valence-corrected chi connectivity index (χ2v) is 6.98. The van der Waals surface area contributed by atoms with Crippen molar-refractivity contribution in [2.24, 2.45) is 0 Å². The van der Waals surface area contributed by atoms with Crippen LogP contribution in [0.5, 0.6) is 11.5 Å². The number of piperazine rings is 1. The Kier molecular flexibility index (Phi) is 5.69. The van der Waals surface area contributed by atoms with Gasteiger partial charge in [0.25, 0.3) is 5.91 Å². The fraction of sp³-hybridized carbons (Fsp3) is 0.350. The first kappa shape index (κ1) is 18.5. The van der Waals surface area contributed by atoms with E-state index in [0.717, 1.165) is 36.5 Å². The average molecular weight is 375 g/mol. The summed E-state index contributed by atoms with van der Waals surface area (Å²) in [5.41, 5.74) is 2.33. The van der Waals surface area contributed by atoms with Crippen LogP contribution in [0.2, 0.25) is 5.02 Å². The van der Waals surface area contributed by atoms with E-state index in [-0.39, 0.29) is 11.7 Å². The van der Waals surface area contributed by atoms with Gasteiger partial charge in [0, 0.05) is 43.3 Å². The molecule has 1 aliphatic rings. The Bertz CT molecular complexity index is 802. The Labute approximate surface area is 158 Å². The van der Waals surface area contributed by atoms with Crippen molar-refractivity contribution in [3.63, 3.8) is 0 Å². The topological polar surface area (TPSA) is 53.0 Å². The van der Waals surface area contributed by atoms with Crippen molar-refractivity contribution in [1.82, 2.24) is 9.80 Å². The lowest BCUT2D eigenvalue weighted by atomic mass is 10.1. The van der Waals surface area contributed by atoms with Crippen LogP contribution in [0.3, 0.4) is 0 Å². The fourth-order valence-electron chi connectivity index (χ4n) is 3.21. The van der Waals surface area contributed by atoms with Gasteiger partial charge in [0.1, 0.15) is 11.5 Å². The quantitative estimate of drug-likeness (QED) is 0.892. The minimum atomic E-state index is -0.123. The molecule has 0 atom stereocenters. The number of ether oxygens (including phenoxy) is 1. The predicted molar refractivity (Wildman–Crippen MR) is 102 cm³/mol. The summed E-state index contributed by atoms with van der Waals surface area (Å²) in [5, 5.41) is 10.7. The summed E-state index contributed by atoms with van der Waals surface area (Å²) in [4.78, 5) is 16.7. The van der Waals surface area contributed by atoms with E-state index < -0.39 is 0 Å². The molecule has 1 aliphatic heterocycles. The monoisotopic (exact) mass is 374 g/mol. The zero-order valence-corrected chi connectivity index (χ0v) is 15.8. The van der Waals surface area contributed by atoms with Crippen LogP contribution in [0.4, 0.5) is 0 Å². The third-order valence-corrected chi connectivity index (χ3v) is 4.91. The van der Waals surface area contributed by atoms with E-state index in [1.165, 1.54) is 0 Å². The summed E-state index contributed by atoms with van der Waals surface area (Å²) in [5.74, 6) is 0.737. The number of phenols is 1. The predicted octanol–water partition coefficient (Wildman–Crippen LogP) is 3.32. The number of hydrogen-bond acceptors (Lipinski definition) is 4. The fourth-order valence-corrected chi connectivity index (χ4v) is 3.41. The van der Waals surface area contributed by atoms with E-state index in [9.17, 15) is 9.90 Å². The standard InChI is InChI=1S/C20H23ClN2O3/c1-14-3-5-17(18(24)11-14)20(25)23-9-7-22(8-10-23)13-15-12-16(21)4-6-19(15)26-2/h3-6,11-12,24H,7-10,13H2,1-2H3. The minimum absolute atomic E-state index is 0.0427. The highest BCUT2D eigenvalue weighted by Gasteiger charge is 2.24. The number of carbonyl (C=O) groups is 1. The molecule has 6 heteroatoms. The highest BCUT2D eigenvalue weighted by molar-refractivity contribution is 6.30. The van der Waals surface area contributed by atoms with Gasteiger partial charge in [0.2, 0.25) is 0 Å². The number of halogens is 1. The maximum absolute atomic E-state index is 12.7. The zero-order chi connectivity index (χ0) is 18.7. The molecule has 1 amide bonds. The number of amides is 1. The molecule has 1 N–H and O–H groups in total. The summed E-state index contributed by atoms with van der Waals surface area (Å²) >= 11 is 6.10. The van der Waals surface area contributed by atoms with Gasteiger partial charge in [-0.3, -0.25) is 9.69 Å². The lowest BCUT2D eigenvalue weighted by Crippen LogP contribution is -2.48. The van der Waals surface area contributed by atoms with Crippen LogP contribution in [-0.4, -0.2) is 54.1 Å². The highest BCUT2D eigenvalue weighted by Crippen LogP contribution is 2.25. The van der Waals surface area contributed by atoms with Crippen molar-refractivity contribution in [3.05, 3.63) is 58.1 Å². The Hall–Kier alpha value is -2.24. The Morgan fingerprint density at radius 3 is 2.54 bits per heavy atom. The molecule has 0 aromatic heterocycles. The smallest absolute Gasteiger partial charge is 0.257 e. The molecule has 1 heterocycles. The number of aromatic hydroxyl groups is 1. The van der Waals surface area contributed by atoms with E-state index in [1.54, 1.807) is 24.1 Å². The second-order valence-electron chi connectivity index (χ2n) is 6.55. The number of benzene rings is 2. The molecule has 2 aromatic carbocycles. The minimum Gasteiger partial charge on any atom is -0.507 e. The van der Waals surface area contributed by atoms with Gasteiger partial charge in [0.15, 0.2) is 0 Å². The van der Waals surface area contributed by atoms with Gasteiger partial charge in [-0.1, -0.05) is 17.7 Å². The van der Waals surface area contributed by atoms with Gasteiger partial charge in [-0.05, 0) is 42.8 Å². The van der Waals surface area contributed by atoms with Crippen molar-refractivity contribution in [3.8, 4) is 11.5 Å². The first-order valence-corrected chi connectivity index (χ1v) is 8.99. The Balaban J connectivity index is 1.62. The number of nitrogens with zero attached hydrogens (tertiary/aromatic N) is 2. The molecular formula is C20H23ClN2O3. The van der Waals surface area contributed by atoms with Gasteiger partial charge in [-0.25, -0.2) is 0 Å². The Morgan fingerprint density at radius 2 is 1.88 bits per heavy atom. The molecule has 0 spiro atoms. The van der Waals surface area contributed by atoms with E-state index in [2.05, 4.69) is 4.90 Å². The van der Waals surface area contributed by atoms with Crippen LogP contribution in [0.25, 0.3) is 0 Å². The summed E-state index contributed by atoms with van der Waals surface area (Å²) < 4.78 is 5.40. The van der Waals surface area contributed by atoms with Gasteiger partial charge in [0.05, 0.1) is 12.7 Å². The first-order valence-electron chi connectivity index (χ1n) is 8.61. The second kappa shape index (κ2) is 7.98. The summed E-state index contributed by atoms with van der Waals surface area (Å²) in [6.45, 7) is 5.37. The van der Waals surface area contributed by atoms with Crippen molar-refractivity contribution < 1.29 is 14.6 Å². The van der Waals surface area contributed by atoms with Crippen LogP contribution in [-0.2, 0) is 6.54 Å². The van der Waals surface area contributed by atoms with Gasteiger partial charge >= 0.3 is 0 Å². The maximum atomic E-state index is 12.7. The van der Waals surface area contributed by atoms with Crippen LogP contribution in [0.15, 0.2) is 36.4 Å². The van der Waals surface area contributed by atoms with Crippen LogP contribution >= 0.6 is 11.6 Å². The number of aryl methyl sites for hydroxylation is 1. The molecule has 3 rings (SSSR count). The molecule has 1 saturated heterocycles. The number of methoxy groups -OCH3 is 1. The number of carbonyl (C=O) groups excluding carboxylic acids is 1. The first-order chi connectivity index (χ1) is 12.5. The van der Waals surface area contributed by atoms with Crippen LogP contribution in [0, 0.1) is 6.92 Å². The number of phenolic OH excluding ortho intramolecular Hbond substituents is 1. The van der Waals surface area contributed by atoms with Crippen LogP contribution in [0.1, 0.15) is 21.5 Å². The van der Waals surface area contributed by atoms with Crippen molar-refractivity contribution in [2.45, 2.75) is 13.5 Å². The molecule has 0 saturated carbocycles. The summed E-state index contributed by atoms with van der Waals surface area (Å²) in [6, 6.07) is 10.8. The molecule has 5 nitrogen and oxygen atoms in total. The SMILES string of the molecule is COc1ccc(Cl)cc1CN1CCN(C(=O)c2ccc(C)cc2O)CC1. The summed E-state index contributed by atoms with van der Waals surface area (Å²) in [7, 11) is 1.65. The number of hydrogen-bond donors (Lipinski definition) is 1. The molecule has 2 aromatic rings. The molecule has 0 unspecified atom stereocenters. The van der Waals surface area contributed by atoms with Gasteiger partial charge in [-0.15, -0.1) is 0 Å². The van der Waals surface area contributed by atoms with Crippen molar-refractivity contribution >= 4 is 17.5 Å². The maximum Gasteiger partial charge on any atom is 0.257 e. The third-order valence-electron chi connectivity index (χ3n) is 4.68. The van der Waals surface area contributed by atoms with E-state index in [4.69, 9.17) is 16.3 Å². The molecule has 26 heavy (non-hydrogen) atoms. The molecule has 0 radical (unpaired) electrons. The molecule has 1 fully saturated rings. The molecule has 138 valence electrons. The van der Waals surface area contributed by atoms with Crippen molar-refractivity contribution in [1.29, 1.82) is 0 Å². The zero-order valence-electron chi connectivity index (χ0n) is 15.0. The Morgan fingerprint density at radius 1 is 1.15 bits per heavy atom. The normalized spacial score (nSPS) is 15.1. The van der Waals surface area contributed by atoms with E-state index in [1.807, 2.05) is 31.2 Å².